The van der Waals surface area contributed by atoms with Crippen molar-refractivity contribution in [3.05, 3.63) is 35.4 Å². The number of hydrogen-bond donors (Lipinski definition) is 1. The largest absolute Gasteiger partial charge is 0.379 e. The second-order valence-corrected chi connectivity index (χ2v) is 4.83. The van der Waals surface area contributed by atoms with E-state index in [0.29, 0.717) is 13.2 Å². The van der Waals surface area contributed by atoms with Crippen LogP contribution < -0.4 is 5.32 Å². The van der Waals surface area contributed by atoms with Gasteiger partial charge < -0.3 is 14.8 Å². The summed E-state index contributed by atoms with van der Waals surface area (Å²) in [5.41, 5.74) is 2.56. The van der Waals surface area contributed by atoms with Crippen LogP contribution >= 0.6 is 0 Å². The lowest BCUT2D eigenvalue weighted by Gasteiger charge is -2.21. The van der Waals surface area contributed by atoms with Gasteiger partial charge in [0.2, 0.25) is 0 Å². The number of rotatable bonds is 9. The minimum atomic E-state index is 0.130. The molecule has 1 rings (SSSR count). The third-order valence-electron chi connectivity index (χ3n) is 3.00. The summed E-state index contributed by atoms with van der Waals surface area (Å²) in [5, 5.41) is 3.47. The Morgan fingerprint density at radius 3 is 2.63 bits per heavy atom. The Bertz CT molecular complexity index is 354. The molecule has 19 heavy (non-hydrogen) atoms. The average Bonchev–Trinajstić information content (AvgIpc) is 2.41. The Kier molecular flexibility index (Phi) is 7.72. The molecule has 3 nitrogen and oxygen atoms in total. The van der Waals surface area contributed by atoms with Crippen molar-refractivity contribution in [1.29, 1.82) is 0 Å². The van der Waals surface area contributed by atoms with Gasteiger partial charge in [0.25, 0.3) is 0 Å². The first kappa shape index (κ1) is 16.2. The number of ether oxygens (including phenoxy) is 2. The standard InChI is InChI=1S/C16H27NO2/c1-5-17-16(12-19-14(4)11-18-6-2)15-9-7-8-13(3)10-15/h7-10,14,16-17H,5-6,11-12H2,1-4H3. The fourth-order valence-corrected chi connectivity index (χ4v) is 2.00. The minimum Gasteiger partial charge on any atom is -0.379 e. The van der Waals surface area contributed by atoms with Crippen LogP contribution in [-0.2, 0) is 9.47 Å². The molecule has 2 atom stereocenters. The van der Waals surface area contributed by atoms with Crippen LogP contribution in [0.4, 0.5) is 0 Å². The monoisotopic (exact) mass is 265 g/mol. The van der Waals surface area contributed by atoms with Gasteiger partial charge in [-0.1, -0.05) is 36.8 Å². The van der Waals surface area contributed by atoms with Crippen LogP contribution in [0.15, 0.2) is 24.3 Å². The highest BCUT2D eigenvalue weighted by Gasteiger charge is 2.12. The molecule has 0 aromatic heterocycles. The predicted molar refractivity (Wildman–Crippen MR) is 79.5 cm³/mol. The molecule has 0 fully saturated rings. The maximum Gasteiger partial charge on any atom is 0.0781 e. The van der Waals surface area contributed by atoms with Crippen LogP contribution in [0.25, 0.3) is 0 Å². The van der Waals surface area contributed by atoms with Gasteiger partial charge in [0.15, 0.2) is 0 Å². The van der Waals surface area contributed by atoms with Gasteiger partial charge in [-0.15, -0.1) is 0 Å². The highest BCUT2D eigenvalue weighted by molar-refractivity contribution is 5.25. The number of aryl methyl sites for hydroxylation is 1. The maximum atomic E-state index is 5.87. The van der Waals surface area contributed by atoms with Gasteiger partial charge in [0, 0.05) is 6.61 Å². The van der Waals surface area contributed by atoms with Crippen molar-refractivity contribution in [2.45, 2.75) is 39.8 Å². The Morgan fingerprint density at radius 2 is 2.00 bits per heavy atom. The molecule has 3 heteroatoms. The quantitative estimate of drug-likeness (QED) is 0.744. The molecule has 0 aliphatic rings. The molecule has 1 aromatic carbocycles. The van der Waals surface area contributed by atoms with E-state index in [9.17, 15) is 0 Å². The normalized spacial score (nSPS) is 14.3. The van der Waals surface area contributed by atoms with Crippen molar-refractivity contribution in [2.24, 2.45) is 0 Å². The molecule has 1 N–H and O–H groups in total. The van der Waals surface area contributed by atoms with Crippen LogP contribution in [0.1, 0.15) is 37.9 Å². The lowest BCUT2D eigenvalue weighted by Crippen LogP contribution is -2.28. The Labute approximate surface area is 117 Å². The predicted octanol–water partition coefficient (Wildman–Crippen LogP) is 3.09. The maximum absolute atomic E-state index is 5.87. The summed E-state index contributed by atoms with van der Waals surface area (Å²) in [6, 6.07) is 8.82. The van der Waals surface area contributed by atoms with Gasteiger partial charge in [0.05, 0.1) is 25.4 Å². The van der Waals surface area contributed by atoms with Crippen molar-refractivity contribution in [1.82, 2.24) is 5.32 Å². The highest BCUT2D eigenvalue weighted by atomic mass is 16.5. The summed E-state index contributed by atoms with van der Waals surface area (Å²) in [4.78, 5) is 0. The van der Waals surface area contributed by atoms with Crippen molar-refractivity contribution in [3.8, 4) is 0 Å². The minimum absolute atomic E-state index is 0.130. The molecule has 0 saturated heterocycles. The summed E-state index contributed by atoms with van der Waals surface area (Å²) < 4.78 is 11.2. The molecule has 0 heterocycles. The molecular weight excluding hydrogens is 238 g/mol. The lowest BCUT2D eigenvalue weighted by atomic mass is 10.1. The Hall–Kier alpha value is -0.900. The van der Waals surface area contributed by atoms with Gasteiger partial charge in [-0.3, -0.25) is 0 Å². The zero-order chi connectivity index (χ0) is 14.1. The smallest absolute Gasteiger partial charge is 0.0781 e. The van der Waals surface area contributed by atoms with Crippen LogP contribution in [0.3, 0.4) is 0 Å². The average molecular weight is 265 g/mol. The molecule has 0 saturated carbocycles. The van der Waals surface area contributed by atoms with Crippen molar-refractivity contribution >= 4 is 0 Å². The van der Waals surface area contributed by atoms with E-state index in [1.165, 1.54) is 11.1 Å². The first-order valence-corrected chi connectivity index (χ1v) is 7.16. The van der Waals surface area contributed by atoms with Gasteiger partial charge in [-0.05, 0) is 32.9 Å². The number of likely N-dealkylation sites (N-methyl/N-ethyl adjacent to an activating group) is 1. The Balaban J connectivity index is 2.53. The molecule has 108 valence electrons. The second-order valence-electron chi connectivity index (χ2n) is 4.83. The molecule has 1 aromatic rings. The van der Waals surface area contributed by atoms with E-state index in [0.717, 1.165) is 13.2 Å². The van der Waals surface area contributed by atoms with Gasteiger partial charge in [-0.2, -0.15) is 0 Å². The number of hydrogen-bond acceptors (Lipinski definition) is 3. The molecule has 0 bridgehead atoms. The highest BCUT2D eigenvalue weighted by Crippen LogP contribution is 2.15. The van der Waals surface area contributed by atoms with E-state index in [2.05, 4.69) is 50.4 Å². The Morgan fingerprint density at radius 1 is 1.21 bits per heavy atom. The molecule has 0 aliphatic carbocycles. The zero-order valence-corrected chi connectivity index (χ0v) is 12.6. The number of benzene rings is 1. The summed E-state index contributed by atoms with van der Waals surface area (Å²) in [6.45, 7) is 11.3. The zero-order valence-electron chi connectivity index (χ0n) is 12.6. The lowest BCUT2D eigenvalue weighted by molar-refractivity contribution is -0.0115. The van der Waals surface area contributed by atoms with E-state index >= 15 is 0 Å². The van der Waals surface area contributed by atoms with Crippen molar-refractivity contribution in [2.75, 3.05) is 26.4 Å². The summed E-state index contributed by atoms with van der Waals surface area (Å²) in [5.74, 6) is 0. The third kappa shape index (κ3) is 6.19. The molecule has 2 unspecified atom stereocenters. The van der Waals surface area contributed by atoms with E-state index in [4.69, 9.17) is 9.47 Å². The number of nitrogens with one attached hydrogen (secondary N) is 1. The van der Waals surface area contributed by atoms with Gasteiger partial charge >= 0.3 is 0 Å². The summed E-state index contributed by atoms with van der Waals surface area (Å²) in [6.07, 6.45) is 0.130. The molecule has 0 spiro atoms. The molecule has 0 aliphatic heterocycles. The first-order valence-electron chi connectivity index (χ1n) is 7.16. The fraction of sp³-hybridized carbons (Fsp3) is 0.625. The third-order valence-corrected chi connectivity index (χ3v) is 3.00. The molecular formula is C16H27NO2. The van der Waals surface area contributed by atoms with E-state index in [1.807, 2.05) is 6.92 Å². The summed E-state index contributed by atoms with van der Waals surface area (Å²) >= 11 is 0. The van der Waals surface area contributed by atoms with Crippen molar-refractivity contribution < 1.29 is 9.47 Å². The van der Waals surface area contributed by atoms with Crippen LogP contribution in [-0.4, -0.2) is 32.5 Å². The van der Waals surface area contributed by atoms with Crippen molar-refractivity contribution in [3.63, 3.8) is 0 Å². The van der Waals surface area contributed by atoms with E-state index < -0.39 is 0 Å². The topological polar surface area (TPSA) is 30.5 Å². The van der Waals surface area contributed by atoms with Gasteiger partial charge in [0.1, 0.15) is 0 Å². The van der Waals surface area contributed by atoms with Crippen LogP contribution in [0.2, 0.25) is 0 Å². The SMILES string of the molecule is CCNC(COC(C)COCC)c1cccc(C)c1. The fourth-order valence-electron chi connectivity index (χ4n) is 2.00. The second kappa shape index (κ2) is 9.08. The first-order chi connectivity index (χ1) is 9.17. The summed E-state index contributed by atoms with van der Waals surface area (Å²) in [7, 11) is 0. The van der Waals surface area contributed by atoms with E-state index in [-0.39, 0.29) is 12.1 Å². The van der Waals surface area contributed by atoms with Gasteiger partial charge in [-0.25, -0.2) is 0 Å². The van der Waals surface area contributed by atoms with Crippen LogP contribution in [0, 0.1) is 6.92 Å². The van der Waals surface area contributed by atoms with E-state index in [1.54, 1.807) is 0 Å². The molecule has 0 amide bonds. The van der Waals surface area contributed by atoms with Crippen LogP contribution in [0.5, 0.6) is 0 Å². The molecule has 0 radical (unpaired) electrons.